The summed E-state index contributed by atoms with van der Waals surface area (Å²) in [4.78, 5) is 15.0. The highest BCUT2D eigenvalue weighted by Crippen LogP contribution is 2.35. The number of carbonyl (C=O) groups is 1. The minimum atomic E-state index is -0.0208. The Morgan fingerprint density at radius 2 is 2.26 bits per heavy atom. The van der Waals surface area contributed by atoms with E-state index in [0.29, 0.717) is 25.2 Å². The number of furan rings is 1. The highest BCUT2D eigenvalue weighted by atomic mass is 16.5. The van der Waals surface area contributed by atoms with Crippen LogP contribution < -0.4 is 5.32 Å². The summed E-state index contributed by atoms with van der Waals surface area (Å²) in [6.07, 6.45) is 8.16. The second kappa shape index (κ2) is 6.65. The summed E-state index contributed by atoms with van der Waals surface area (Å²) in [5, 5.41) is 2.98. The van der Waals surface area contributed by atoms with E-state index < -0.39 is 0 Å². The van der Waals surface area contributed by atoms with Gasteiger partial charge in [-0.2, -0.15) is 0 Å². The molecule has 0 spiro atoms. The Morgan fingerprint density at radius 3 is 3.00 bits per heavy atom. The normalized spacial score (nSPS) is 32.1. The molecule has 1 N–H and O–H groups in total. The number of hydrogen-bond acceptors (Lipinski definition) is 4. The summed E-state index contributed by atoms with van der Waals surface area (Å²) in [6.45, 7) is 3.30. The number of rotatable bonds is 4. The summed E-state index contributed by atoms with van der Waals surface area (Å²) >= 11 is 0. The third kappa shape index (κ3) is 3.31. The van der Waals surface area contributed by atoms with E-state index in [4.69, 9.17) is 9.15 Å². The summed E-state index contributed by atoms with van der Waals surface area (Å²) in [7, 11) is 0. The molecule has 126 valence electrons. The van der Waals surface area contributed by atoms with Gasteiger partial charge in [0.25, 0.3) is 0 Å². The summed E-state index contributed by atoms with van der Waals surface area (Å²) in [5.74, 6) is 1.38. The van der Waals surface area contributed by atoms with Gasteiger partial charge in [0.1, 0.15) is 5.76 Å². The summed E-state index contributed by atoms with van der Waals surface area (Å²) < 4.78 is 11.3. The average molecular weight is 318 g/mol. The molecular formula is C18H26N2O3. The Labute approximate surface area is 137 Å². The van der Waals surface area contributed by atoms with Crippen LogP contribution in [0.25, 0.3) is 0 Å². The third-order valence-electron chi connectivity index (χ3n) is 5.77. The van der Waals surface area contributed by atoms with E-state index >= 15 is 0 Å². The van der Waals surface area contributed by atoms with Gasteiger partial charge in [-0.05, 0) is 43.7 Å². The Balaban J connectivity index is 1.30. The molecule has 1 aromatic rings. The van der Waals surface area contributed by atoms with Gasteiger partial charge in [0.15, 0.2) is 0 Å². The first kappa shape index (κ1) is 15.2. The van der Waals surface area contributed by atoms with Crippen LogP contribution in [0, 0.1) is 11.8 Å². The highest BCUT2D eigenvalue weighted by molar-refractivity contribution is 5.78. The molecule has 5 heteroatoms. The molecule has 4 rings (SSSR count). The molecule has 0 aromatic carbocycles. The molecule has 3 aliphatic rings. The SMILES string of the molecule is O=C(NCc1ccco1)[C@H]1CO[C@H]2CCN(C3CCC3)C[C@H]2C1. The van der Waals surface area contributed by atoms with Crippen LogP contribution in [0.3, 0.4) is 0 Å². The smallest absolute Gasteiger partial charge is 0.225 e. The standard InChI is InChI=1S/C18H26N2O3/c21-18(19-10-16-5-2-8-22-16)14-9-13-11-20(15-3-1-4-15)7-6-17(13)23-12-14/h2,5,8,13-15,17H,1,3-4,6-7,9-12H2,(H,19,21)/t13-,14-,17+/m1/s1. The minimum absolute atomic E-state index is 0.0208. The molecule has 3 atom stereocenters. The Kier molecular flexibility index (Phi) is 4.40. The Bertz CT molecular complexity index is 526. The van der Waals surface area contributed by atoms with Crippen LogP contribution in [-0.4, -0.2) is 42.6 Å². The fourth-order valence-corrected chi connectivity index (χ4v) is 4.16. The van der Waals surface area contributed by atoms with Gasteiger partial charge in [0.05, 0.1) is 31.4 Å². The third-order valence-corrected chi connectivity index (χ3v) is 5.77. The molecule has 23 heavy (non-hydrogen) atoms. The number of nitrogens with zero attached hydrogens (tertiary/aromatic N) is 1. The molecule has 2 aliphatic heterocycles. The van der Waals surface area contributed by atoms with Crippen molar-refractivity contribution in [3.8, 4) is 0 Å². The van der Waals surface area contributed by atoms with Gasteiger partial charge in [0, 0.05) is 19.1 Å². The molecule has 0 radical (unpaired) electrons. The molecule has 1 amide bonds. The maximum atomic E-state index is 12.4. The van der Waals surface area contributed by atoms with Gasteiger partial charge in [0.2, 0.25) is 5.91 Å². The number of likely N-dealkylation sites (tertiary alicyclic amines) is 1. The molecule has 5 nitrogen and oxygen atoms in total. The van der Waals surface area contributed by atoms with Crippen LogP contribution in [0.5, 0.6) is 0 Å². The average Bonchev–Trinajstić information content (AvgIpc) is 3.03. The van der Waals surface area contributed by atoms with Crippen molar-refractivity contribution in [2.24, 2.45) is 11.8 Å². The van der Waals surface area contributed by atoms with Gasteiger partial charge in [-0.3, -0.25) is 9.69 Å². The van der Waals surface area contributed by atoms with Crippen molar-refractivity contribution >= 4 is 5.91 Å². The molecule has 0 bridgehead atoms. The second-order valence-corrected chi connectivity index (χ2v) is 7.23. The largest absolute Gasteiger partial charge is 0.467 e. The lowest BCUT2D eigenvalue weighted by atomic mass is 9.81. The molecule has 1 saturated carbocycles. The monoisotopic (exact) mass is 318 g/mol. The van der Waals surface area contributed by atoms with Gasteiger partial charge < -0.3 is 14.5 Å². The van der Waals surface area contributed by atoms with E-state index in [1.165, 1.54) is 25.8 Å². The maximum absolute atomic E-state index is 12.4. The fourth-order valence-electron chi connectivity index (χ4n) is 4.16. The number of piperidine rings is 1. The molecule has 3 heterocycles. The van der Waals surface area contributed by atoms with Crippen LogP contribution in [0.15, 0.2) is 22.8 Å². The first-order valence-corrected chi connectivity index (χ1v) is 8.95. The quantitative estimate of drug-likeness (QED) is 0.924. The van der Waals surface area contributed by atoms with Crippen molar-refractivity contribution < 1.29 is 13.9 Å². The van der Waals surface area contributed by atoms with E-state index in [2.05, 4.69) is 10.2 Å². The zero-order valence-electron chi connectivity index (χ0n) is 13.6. The number of ether oxygens (including phenoxy) is 1. The van der Waals surface area contributed by atoms with Crippen LogP contribution >= 0.6 is 0 Å². The van der Waals surface area contributed by atoms with Crippen molar-refractivity contribution in [3.63, 3.8) is 0 Å². The summed E-state index contributed by atoms with van der Waals surface area (Å²) in [6, 6.07) is 4.52. The number of fused-ring (bicyclic) bond motifs is 1. The molecule has 3 fully saturated rings. The lowest BCUT2D eigenvalue weighted by Gasteiger charge is -2.47. The Hall–Kier alpha value is -1.33. The van der Waals surface area contributed by atoms with Crippen LogP contribution in [0.2, 0.25) is 0 Å². The Morgan fingerprint density at radius 1 is 1.35 bits per heavy atom. The van der Waals surface area contributed by atoms with E-state index in [1.807, 2.05) is 12.1 Å². The van der Waals surface area contributed by atoms with Crippen molar-refractivity contribution in [2.75, 3.05) is 19.7 Å². The van der Waals surface area contributed by atoms with E-state index in [-0.39, 0.29) is 11.8 Å². The van der Waals surface area contributed by atoms with Gasteiger partial charge in [-0.15, -0.1) is 0 Å². The molecular weight excluding hydrogens is 292 g/mol. The zero-order chi connectivity index (χ0) is 15.6. The topological polar surface area (TPSA) is 54.7 Å². The van der Waals surface area contributed by atoms with Crippen LogP contribution in [0.4, 0.5) is 0 Å². The van der Waals surface area contributed by atoms with Crippen molar-refractivity contribution in [1.82, 2.24) is 10.2 Å². The minimum Gasteiger partial charge on any atom is -0.467 e. The molecule has 0 unspecified atom stereocenters. The molecule has 2 saturated heterocycles. The van der Waals surface area contributed by atoms with Gasteiger partial charge in [-0.1, -0.05) is 6.42 Å². The predicted octanol–water partition coefficient (Wildman–Crippen LogP) is 2.18. The lowest BCUT2D eigenvalue weighted by Crippen LogP contribution is -2.54. The predicted molar refractivity (Wildman–Crippen MR) is 85.7 cm³/mol. The van der Waals surface area contributed by atoms with Crippen LogP contribution in [-0.2, 0) is 16.1 Å². The van der Waals surface area contributed by atoms with Crippen molar-refractivity contribution in [3.05, 3.63) is 24.2 Å². The van der Waals surface area contributed by atoms with Gasteiger partial charge >= 0.3 is 0 Å². The van der Waals surface area contributed by atoms with E-state index in [9.17, 15) is 4.79 Å². The maximum Gasteiger partial charge on any atom is 0.225 e. The molecule has 1 aliphatic carbocycles. The van der Waals surface area contributed by atoms with E-state index in [0.717, 1.165) is 31.2 Å². The number of nitrogens with one attached hydrogen (secondary N) is 1. The second-order valence-electron chi connectivity index (χ2n) is 7.23. The number of amides is 1. The highest BCUT2D eigenvalue weighted by Gasteiger charge is 2.40. The first-order chi connectivity index (χ1) is 11.3. The number of carbonyl (C=O) groups excluding carboxylic acids is 1. The van der Waals surface area contributed by atoms with E-state index in [1.54, 1.807) is 6.26 Å². The first-order valence-electron chi connectivity index (χ1n) is 8.95. The van der Waals surface area contributed by atoms with Crippen molar-refractivity contribution in [2.45, 2.75) is 50.8 Å². The zero-order valence-corrected chi connectivity index (χ0v) is 13.6. The van der Waals surface area contributed by atoms with Gasteiger partial charge in [-0.25, -0.2) is 0 Å². The van der Waals surface area contributed by atoms with Crippen molar-refractivity contribution in [1.29, 1.82) is 0 Å². The summed E-state index contributed by atoms with van der Waals surface area (Å²) in [5.41, 5.74) is 0. The fraction of sp³-hybridized carbons (Fsp3) is 0.722. The lowest BCUT2D eigenvalue weighted by molar-refractivity contribution is -0.140. The number of hydrogen-bond donors (Lipinski definition) is 1. The van der Waals surface area contributed by atoms with Crippen LogP contribution in [0.1, 0.15) is 37.9 Å². The molecule has 1 aromatic heterocycles.